The van der Waals surface area contributed by atoms with Crippen molar-refractivity contribution in [2.75, 3.05) is 0 Å². The van der Waals surface area contributed by atoms with Crippen molar-refractivity contribution in [3.8, 4) is 0 Å². The maximum Gasteiger partial charge on any atom is 0.335 e. The summed E-state index contributed by atoms with van der Waals surface area (Å²) in [5.41, 5.74) is 1.80. The van der Waals surface area contributed by atoms with E-state index in [1.54, 1.807) is 23.1 Å². The topological polar surface area (TPSA) is 70.0 Å². The van der Waals surface area contributed by atoms with E-state index >= 15 is 0 Å². The highest BCUT2D eigenvalue weighted by Crippen LogP contribution is 2.35. The van der Waals surface area contributed by atoms with Gasteiger partial charge < -0.3 is 5.11 Å². The molecule has 0 unspecified atom stereocenters. The second-order valence-corrected chi connectivity index (χ2v) is 7.21. The van der Waals surface area contributed by atoms with E-state index in [4.69, 9.17) is 5.11 Å². The molecule has 1 atom stereocenters. The molecule has 1 heterocycles. The number of thioether (sulfide) groups is 1. The van der Waals surface area contributed by atoms with E-state index in [1.165, 1.54) is 23.9 Å². The van der Waals surface area contributed by atoms with Crippen LogP contribution in [0.25, 0.3) is 6.08 Å². The van der Waals surface area contributed by atoms with Crippen LogP contribution in [0.15, 0.2) is 64.5 Å². The van der Waals surface area contributed by atoms with Crippen molar-refractivity contribution in [1.29, 1.82) is 0 Å². The number of benzene rings is 2. The lowest BCUT2D eigenvalue weighted by atomic mass is 10.1. The Labute approximate surface area is 162 Å². The van der Waals surface area contributed by atoms with Crippen LogP contribution < -0.4 is 0 Å². The molecule has 6 heteroatoms. The van der Waals surface area contributed by atoms with Gasteiger partial charge in [-0.05, 0) is 61.0 Å². The monoisotopic (exact) mass is 380 g/mol. The molecular weight excluding hydrogens is 360 g/mol. The third-order valence-corrected chi connectivity index (χ3v) is 5.29. The molecule has 0 bridgehead atoms. The van der Waals surface area contributed by atoms with Crippen LogP contribution in [0.2, 0.25) is 0 Å². The van der Waals surface area contributed by atoms with Gasteiger partial charge in [-0.1, -0.05) is 37.3 Å². The maximum absolute atomic E-state index is 12.9. The second-order valence-electron chi connectivity index (χ2n) is 6.20. The number of carboxylic acids is 1. The van der Waals surface area contributed by atoms with E-state index in [2.05, 4.69) is 4.99 Å². The molecule has 2 aromatic carbocycles. The number of carbonyl (C=O) groups is 2. The minimum absolute atomic E-state index is 0.0350. The zero-order chi connectivity index (χ0) is 19.4. The number of carboxylic acid groups (broad SMARTS) is 1. The summed E-state index contributed by atoms with van der Waals surface area (Å²) in [5, 5.41) is 9.66. The molecule has 0 radical (unpaired) electrons. The van der Waals surface area contributed by atoms with Gasteiger partial charge in [-0.3, -0.25) is 9.69 Å². The van der Waals surface area contributed by atoms with E-state index in [-0.39, 0.29) is 17.5 Å². The summed E-state index contributed by atoms with van der Waals surface area (Å²) in [6, 6.07) is 16.0. The number of amides is 1. The first-order valence-electron chi connectivity index (χ1n) is 8.69. The first-order valence-corrected chi connectivity index (χ1v) is 9.51. The van der Waals surface area contributed by atoms with Gasteiger partial charge in [0.1, 0.15) is 0 Å². The number of hydrogen-bond acceptors (Lipinski definition) is 4. The van der Waals surface area contributed by atoms with Crippen molar-refractivity contribution in [3.05, 3.63) is 70.6 Å². The molecule has 1 saturated heterocycles. The van der Waals surface area contributed by atoms with Gasteiger partial charge in [0.15, 0.2) is 5.17 Å². The average molecular weight is 380 g/mol. The van der Waals surface area contributed by atoms with Gasteiger partial charge >= 0.3 is 5.97 Å². The third-order valence-electron chi connectivity index (χ3n) is 4.30. The van der Waals surface area contributed by atoms with E-state index in [1.807, 2.05) is 44.2 Å². The van der Waals surface area contributed by atoms with Crippen molar-refractivity contribution in [2.45, 2.75) is 26.3 Å². The fourth-order valence-electron chi connectivity index (χ4n) is 2.62. The Hall–Kier alpha value is -2.86. The lowest BCUT2D eigenvalue weighted by molar-refractivity contribution is -0.123. The van der Waals surface area contributed by atoms with Gasteiger partial charge in [-0.15, -0.1) is 0 Å². The third kappa shape index (κ3) is 4.28. The minimum atomic E-state index is -0.972. The van der Waals surface area contributed by atoms with Crippen LogP contribution in [0.1, 0.15) is 36.2 Å². The molecule has 5 nitrogen and oxygen atoms in total. The molecular formula is C21H20N2O3S. The zero-order valence-electron chi connectivity index (χ0n) is 15.1. The molecule has 1 N–H and O–H groups in total. The molecule has 1 fully saturated rings. The van der Waals surface area contributed by atoms with E-state index < -0.39 is 5.97 Å². The Balaban J connectivity index is 1.94. The predicted molar refractivity (Wildman–Crippen MR) is 109 cm³/mol. The second kappa shape index (κ2) is 8.22. The number of para-hydroxylation sites is 1. The van der Waals surface area contributed by atoms with Crippen molar-refractivity contribution in [3.63, 3.8) is 0 Å². The summed E-state index contributed by atoms with van der Waals surface area (Å²) in [6.07, 6.45) is 2.60. The largest absolute Gasteiger partial charge is 0.478 e. The molecule has 2 aromatic rings. The number of rotatable bonds is 5. The molecule has 0 spiro atoms. The number of amidine groups is 1. The first kappa shape index (κ1) is 18.9. The number of nitrogens with zero attached hydrogens (tertiary/aromatic N) is 2. The van der Waals surface area contributed by atoms with Crippen LogP contribution in [0.5, 0.6) is 0 Å². The van der Waals surface area contributed by atoms with Gasteiger partial charge in [-0.2, -0.15) is 0 Å². The highest BCUT2D eigenvalue weighted by atomic mass is 32.2. The number of hydrogen-bond donors (Lipinski definition) is 1. The summed E-state index contributed by atoms with van der Waals surface area (Å²) in [7, 11) is 0. The van der Waals surface area contributed by atoms with Crippen LogP contribution in [0.4, 0.5) is 5.69 Å². The Bertz CT molecular complexity index is 905. The number of aliphatic imine (C=N–C) groups is 1. The van der Waals surface area contributed by atoms with Crippen molar-refractivity contribution in [1.82, 2.24) is 4.90 Å². The SMILES string of the molecule is CC[C@@H](C)N1C(=O)/C(=C/c2ccc(C(=O)O)cc2)SC1=Nc1ccccc1. The van der Waals surface area contributed by atoms with Crippen LogP contribution in [-0.2, 0) is 4.79 Å². The highest BCUT2D eigenvalue weighted by molar-refractivity contribution is 8.18. The Kier molecular flexibility index (Phi) is 5.76. The summed E-state index contributed by atoms with van der Waals surface area (Å²) in [5.74, 6) is -1.05. The average Bonchev–Trinajstić information content (AvgIpc) is 2.97. The van der Waals surface area contributed by atoms with E-state index in [0.29, 0.717) is 10.1 Å². The predicted octanol–water partition coefficient (Wildman–Crippen LogP) is 4.79. The first-order chi connectivity index (χ1) is 13.0. The van der Waals surface area contributed by atoms with Gasteiger partial charge in [-0.25, -0.2) is 9.79 Å². The Morgan fingerprint density at radius 1 is 1.19 bits per heavy atom. The lowest BCUT2D eigenvalue weighted by Gasteiger charge is -2.22. The summed E-state index contributed by atoms with van der Waals surface area (Å²) in [4.78, 5) is 30.9. The van der Waals surface area contributed by atoms with Crippen LogP contribution in [-0.4, -0.2) is 33.1 Å². The molecule has 3 rings (SSSR count). The van der Waals surface area contributed by atoms with Gasteiger partial charge in [0, 0.05) is 6.04 Å². The molecule has 1 aliphatic rings. The van der Waals surface area contributed by atoms with Gasteiger partial charge in [0.2, 0.25) is 0 Å². The molecule has 1 aliphatic heterocycles. The van der Waals surface area contributed by atoms with E-state index in [9.17, 15) is 9.59 Å². The van der Waals surface area contributed by atoms with Crippen molar-refractivity contribution < 1.29 is 14.7 Å². The van der Waals surface area contributed by atoms with Crippen molar-refractivity contribution >= 4 is 40.6 Å². The molecule has 27 heavy (non-hydrogen) atoms. The molecule has 0 aliphatic carbocycles. The lowest BCUT2D eigenvalue weighted by Crippen LogP contribution is -2.36. The van der Waals surface area contributed by atoms with Crippen LogP contribution in [0.3, 0.4) is 0 Å². The smallest absolute Gasteiger partial charge is 0.335 e. The van der Waals surface area contributed by atoms with Crippen molar-refractivity contribution in [2.24, 2.45) is 4.99 Å². The van der Waals surface area contributed by atoms with Crippen LogP contribution in [0, 0.1) is 0 Å². The zero-order valence-corrected chi connectivity index (χ0v) is 15.9. The van der Waals surface area contributed by atoms with E-state index in [0.717, 1.165) is 17.7 Å². The Morgan fingerprint density at radius 3 is 2.44 bits per heavy atom. The van der Waals surface area contributed by atoms with Gasteiger partial charge in [0.05, 0.1) is 16.2 Å². The highest BCUT2D eigenvalue weighted by Gasteiger charge is 2.36. The van der Waals surface area contributed by atoms with Crippen LogP contribution >= 0.6 is 11.8 Å². The summed E-state index contributed by atoms with van der Waals surface area (Å²) >= 11 is 1.34. The molecule has 0 saturated carbocycles. The molecule has 138 valence electrons. The fourth-order valence-corrected chi connectivity index (χ4v) is 3.71. The van der Waals surface area contributed by atoms with Gasteiger partial charge in [0.25, 0.3) is 5.91 Å². The Morgan fingerprint density at radius 2 is 1.85 bits per heavy atom. The maximum atomic E-state index is 12.9. The minimum Gasteiger partial charge on any atom is -0.478 e. The number of aromatic carboxylic acids is 1. The molecule has 1 amide bonds. The normalized spacial score (nSPS) is 18.3. The standard InChI is InChI=1S/C21H20N2O3S/c1-3-14(2)23-19(24)18(13-15-9-11-16(12-10-15)20(25)26)27-21(23)22-17-7-5-4-6-8-17/h4-14H,3H2,1-2H3,(H,25,26)/b18-13-,22-21?/t14-/m1/s1. The summed E-state index contributed by atoms with van der Waals surface area (Å²) in [6.45, 7) is 4.04. The number of carbonyl (C=O) groups excluding carboxylic acids is 1. The molecule has 0 aromatic heterocycles. The quantitative estimate of drug-likeness (QED) is 0.758. The summed E-state index contributed by atoms with van der Waals surface area (Å²) < 4.78 is 0. The fraction of sp³-hybridized carbons (Fsp3) is 0.190.